The van der Waals surface area contributed by atoms with Crippen LogP contribution >= 0.6 is 0 Å². The fourth-order valence-electron chi connectivity index (χ4n) is 4.39. The van der Waals surface area contributed by atoms with Crippen molar-refractivity contribution in [1.82, 2.24) is 15.5 Å². The number of carbonyl (C=O) groups is 1. The Morgan fingerprint density at radius 3 is 2.83 bits per heavy atom. The molecule has 0 unspecified atom stereocenters. The summed E-state index contributed by atoms with van der Waals surface area (Å²) >= 11 is 0. The SMILES string of the molecule is Cc1ccc(C)c(CCNC(=O)[C@@H]2CC3(CCNCC3)CN2C)c1. The number of amides is 1. The maximum absolute atomic E-state index is 12.7. The van der Waals surface area contributed by atoms with Crippen LogP contribution in [0.25, 0.3) is 0 Å². The summed E-state index contributed by atoms with van der Waals surface area (Å²) in [5.41, 5.74) is 4.28. The zero-order valence-electron chi connectivity index (χ0n) is 15.3. The maximum atomic E-state index is 12.7. The molecule has 1 aromatic rings. The van der Waals surface area contributed by atoms with Crippen LogP contribution in [0.2, 0.25) is 0 Å². The van der Waals surface area contributed by atoms with Gasteiger partial charge in [0.1, 0.15) is 0 Å². The number of nitrogens with zero attached hydrogens (tertiary/aromatic N) is 1. The third kappa shape index (κ3) is 3.81. The number of likely N-dealkylation sites (N-methyl/N-ethyl adjacent to an activating group) is 1. The molecule has 0 bridgehead atoms. The van der Waals surface area contributed by atoms with Crippen LogP contribution in [-0.2, 0) is 11.2 Å². The highest BCUT2D eigenvalue weighted by Gasteiger charge is 2.45. The average Bonchev–Trinajstić information content (AvgIpc) is 2.87. The molecular weight excluding hydrogens is 298 g/mol. The topological polar surface area (TPSA) is 44.4 Å². The van der Waals surface area contributed by atoms with Gasteiger partial charge in [0.25, 0.3) is 0 Å². The number of piperidine rings is 1. The fraction of sp³-hybridized carbons (Fsp3) is 0.650. The van der Waals surface area contributed by atoms with E-state index in [0.717, 1.165) is 39.0 Å². The molecule has 0 aromatic heterocycles. The van der Waals surface area contributed by atoms with E-state index < -0.39 is 0 Å². The van der Waals surface area contributed by atoms with E-state index in [1.54, 1.807) is 0 Å². The van der Waals surface area contributed by atoms with Gasteiger partial charge < -0.3 is 10.6 Å². The van der Waals surface area contributed by atoms with Crippen LogP contribution in [0.1, 0.15) is 36.0 Å². The summed E-state index contributed by atoms with van der Waals surface area (Å²) < 4.78 is 0. The number of carbonyl (C=O) groups excluding carboxylic acids is 1. The Hall–Kier alpha value is -1.39. The van der Waals surface area contributed by atoms with Crippen LogP contribution < -0.4 is 10.6 Å². The van der Waals surface area contributed by atoms with Gasteiger partial charge in [-0.05, 0) is 76.2 Å². The highest BCUT2D eigenvalue weighted by molar-refractivity contribution is 5.82. The smallest absolute Gasteiger partial charge is 0.237 e. The summed E-state index contributed by atoms with van der Waals surface area (Å²) in [5.74, 6) is 0.207. The number of benzene rings is 1. The molecule has 0 aliphatic carbocycles. The van der Waals surface area contributed by atoms with Crippen molar-refractivity contribution in [3.8, 4) is 0 Å². The van der Waals surface area contributed by atoms with Gasteiger partial charge in [0.15, 0.2) is 0 Å². The van der Waals surface area contributed by atoms with Gasteiger partial charge in [-0.2, -0.15) is 0 Å². The third-order valence-corrected chi connectivity index (χ3v) is 5.91. The quantitative estimate of drug-likeness (QED) is 0.888. The average molecular weight is 329 g/mol. The number of aryl methyl sites for hydroxylation is 2. The number of nitrogens with one attached hydrogen (secondary N) is 2. The Balaban J connectivity index is 1.52. The molecule has 2 fully saturated rings. The Morgan fingerprint density at radius 1 is 1.33 bits per heavy atom. The van der Waals surface area contributed by atoms with Gasteiger partial charge in [0.2, 0.25) is 5.91 Å². The molecule has 2 N–H and O–H groups in total. The Labute approximate surface area is 146 Å². The molecule has 3 rings (SSSR count). The first-order valence-electron chi connectivity index (χ1n) is 9.24. The molecule has 1 spiro atoms. The first-order valence-corrected chi connectivity index (χ1v) is 9.24. The zero-order valence-corrected chi connectivity index (χ0v) is 15.3. The van der Waals surface area contributed by atoms with Gasteiger partial charge in [-0.15, -0.1) is 0 Å². The summed E-state index contributed by atoms with van der Waals surface area (Å²) in [4.78, 5) is 14.9. The lowest BCUT2D eigenvalue weighted by atomic mass is 9.77. The minimum atomic E-state index is 0.0432. The van der Waals surface area contributed by atoms with Crippen LogP contribution in [0.5, 0.6) is 0 Å². The van der Waals surface area contributed by atoms with Gasteiger partial charge in [0, 0.05) is 13.1 Å². The molecule has 4 heteroatoms. The summed E-state index contributed by atoms with van der Waals surface area (Å²) in [6.07, 6.45) is 4.32. The molecule has 4 nitrogen and oxygen atoms in total. The standard InChI is InChI=1S/C20H31N3O/c1-15-4-5-16(2)17(12-15)6-9-22-19(24)18-13-20(14-23(18)3)7-10-21-11-8-20/h4-5,12,18,21H,6-11,13-14H2,1-3H3,(H,22,24)/t18-/m0/s1. The molecule has 2 aliphatic heterocycles. The molecule has 2 aliphatic rings. The lowest BCUT2D eigenvalue weighted by Crippen LogP contribution is -2.42. The highest BCUT2D eigenvalue weighted by atomic mass is 16.2. The van der Waals surface area contributed by atoms with E-state index in [1.165, 1.54) is 29.5 Å². The lowest BCUT2D eigenvalue weighted by Gasteiger charge is -2.33. The summed E-state index contributed by atoms with van der Waals surface area (Å²) in [6.45, 7) is 8.23. The molecule has 132 valence electrons. The predicted molar refractivity (Wildman–Crippen MR) is 98.2 cm³/mol. The van der Waals surface area contributed by atoms with E-state index in [4.69, 9.17) is 0 Å². The van der Waals surface area contributed by atoms with Gasteiger partial charge in [-0.3, -0.25) is 9.69 Å². The fourth-order valence-corrected chi connectivity index (χ4v) is 4.39. The van der Waals surface area contributed by atoms with Gasteiger partial charge >= 0.3 is 0 Å². The molecule has 24 heavy (non-hydrogen) atoms. The summed E-state index contributed by atoms with van der Waals surface area (Å²) in [7, 11) is 2.10. The van der Waals surface area contributed by atoms with Gasteiger partial charge in [0.05, 0.1) is 6.04 Å². The maximum Gasteiger partial charge on any atom is 0.237 e. The Kier molecular flexibility index (Phi) is 5.26. The van der Waals surface area contributed by atoms with E-state index in [9.17, 15) is 4.79 Å². The largest absolute Gasteiger partial charge is 0.354 e. The van der Waals surface area contributed by atoms with Crippen molar-refractivity contribution < 1.29 is 4.79 Å². The van der Waals surface area contributed by atoms with E-state index in [1.807, 2.05) is 0 Å². The van der Waals surface area contributed by atoms with Crippen LogP contribution in [-0.4, -0.2) is 50.1 Å². The van der Waals surface area contributed by atoms with Crippen LogP contribution in [0.15, 0.2) is 18.2 Å². The summed E-state index contributed by atoms with van der Waals surface area (Å²) in [6, 6.07) is 6.58. The van der Waals surface area contributed by atoms with Crippen LogP contribution in [0.3, 0.4) is 0 Å². The molecule has 1 aromatic carbocycles. The minimum absolute atomic E-state index is 0.0432. The van der Waals surface area contributed by atoms with E-state index in [0.29, 0.717) is 5.41 Å². The molecule has 1 amide bonds. The molecule has 0 radical (unpaired) electrons. The van der Waals surface area contributed by atoms with Crippen molar-refractivity contribution in [1.29, 1.82) is 0 Å². The molecule has 0 saturated carbocycles. The van der Waals surface area contributed by atoms with E-state index >= 15 is 0 Å². The second kappa shape index (κ2) is 7.24. The highest BCUT2D eigenvalue weighted by Crippen LogP contribution is 2.41. The van der Waals surface area contributed by atoms with Crippen molar-refractivity contribution in [3.05, 3.63) is 34.9 Å². The van der Waals surface area contributed by atoms with Crippen molar-refractivity contribution in [2.24, 2.45) is 5.41 Å². The lowest BCUT2D eigenvalue weighted by molar-refractivity contribution is -0.125. The van der Waals surface area contributed by atoms with Crippen molar-refractivity contribution >= 4 is 5.91 Å². The molecule has 1 atom stereocenters. The minimum Gasteiger partial charge on any atom is -0.354 e. The second-order valence-electron chi connectivity index (χ2n) is 7.86. The summed E-state index contributed by atoms with van der Waals surface area (Å²) in [5, 5.41) is 6.61. The van der Waals surface area contributed by atoms with Crippen molar-refractivity contribution in [2.45, 2.75) is 45.6 Å². The molecular formula is C20H31N3O. The monoisotopic (exact) mass is 329 g/mol. The molecule has 2 saturated heterocycles. The van der Waals surface area contributed by atoms with Crippen molar-refractivity contribution in [3.63, 3.8) is 0 Å². The van der Waals surface area contributed by atoms with E-state index in [-0.39, 0.29) is 11.9 Å². The molecule has 2 heterocycles. The number of hydrogen-bond acceptors (Lipinski definition) is 3. The Bertz CT molecular complexity index is 593. The normalized spacial score (nSPS) is 23.5. The number of likely N-dealkylation sites (tertiary alicyclic amines) is 1. The van der Waals surface area contributed by atoms with E-state index in [2.05, 4.69) is 54.6 Å². The number of rotatable bonds is 4. The van der Waals surface area contributed by atoms with Crippen LogP contribution in [0.4, 0.5) is 0 Å². The predicted octanol–water partition coefficient (Wildman–Crippen LogP) is 2.04. The first-order chi connectivity index (χ1) is 11.5. The first kappa shape index (κ1) is 17.4. The zero-order chi connectivity index (χ0) is 17.2. The van der Waals surface area contributed by atoms with Gasteiger partial charge in [-0.25, -0.2) is 0 Å². The third-order valence-electron chi connectivity index (χ3n) is 5.91. The van der Waals surface area contributed by atoms with Gasteiger partial charge in [-0.1, -0.05) is 23.8 Å². The number of hydrogen-bond donors (Lipinski definition) is 2. The Morgan fingerprint density at radius 2 is 2.08 bits per heavy atom. The second-order valence-corrected chi connectivity index (χ2v) is 7.86. The van der Waals surface area contributed by atoms with Crippen LogP contribution in [0, 0.1) is 19.3 Å². The van der Waals surface area contributed by atoms with Crippen molar-refractivity contribution in [2.75, 3.05) is 33.2 Å².